The Morgan fingerprint density at radius 1 is 1.50 bits per heavy atom. The number of carbonyl (C=O) groups is 3. The van der Waals surface area contributed by atoms with Crippen LogP contribution in [0.4, 0.5) is 0 Å². The highest BCUT2D eigenvalue weighted by molar-refractivity contribution is 6.05. The van der Waals surface area contributed by atoms with Gasteiger partial charge < -0.3 is 11.1 Å². The largest absolute Gasteiger partial charge is 0.369 e. The maximum atomic E-state index is 12.0. The van der Waals surface area contributed by atoms with Crippen LogP contribution in [0.2, 0.25) is 0 Å². The Balaban J connectivity index is 2.64. The van der Waals surface area contributed by atoms with Crippen LogP contribution in [0.1, 0.15) is 34.1 Å². The van der Waals surface area contributed by atoms with Crippen LogP contribution < -0.4 is 11.1 Å². The summed E-state index contributed by atoms with van der Waals surface area (Å²) < 4.78 is 0. The third kappa shape index (κ3) is 2.87. The molecule has 0 radical (unpaired) electrons. The number of amides is 3. The first-order valence-corrected chi connectivity index (χ1v) is 6.06. The van der Waals surface area contributed by atoms with Crippen molar-refractivity contribution in [3.63, 3.8) is 0 Å². The topological polar surface area (TPSA) is 92.5 Å². The highest BCUT2D eigenvalue weighted by atomic mass is 16.2. The molecule has 102 valence electrons. The van der Waals surface area contributed by atoms with Crippen molar-refractivity contribution in [3.8, 4) is 0 Å². The summed E-state index contributed by atoms with van der Waals surface area (Å²) in [5, 5.41) is 2.96. The van der Waals surface area contributed by atoms with E-state index in [1.54, 1.807) is 27.7 Å². The van der Waals surface area contributed by atoms with Gasteiger partial charge >= 0.3 is 0 Å². The zero-order valence-electron chi connectivity index (χ0n) is 11.3. The minimum absolute atomic E-state index is 0.138. The zero-order chi connectivity index (χ0) is 14.1. The van der Waals surface area contributed by atoms with Crippen molar-refractivity contribution >= 4 is 17.7 Å². The van der Waals surface area contributed by atoms with E-state index in [9.17, 15) is 14.4 Å². The predicted molar refractivity (Wildman–Crippen MR) is 66.4 cm³/mol. The summed E-state index contributed by atoms with van der Waals surface area (Å²) in [4.78, 5) is 36.1. The van der Waals surface area contributed by atoms with Gasteiger partial charge in [-0.05, 0) is 27.7 Å². The minimum atomic E-state index is -0.741. The van der Waals surface area contributed by atoms with Crippen molar-refractivity contribution in [2.24, 2.45) is 11.1 Å². The van der Waals surface area contributed by atoms with Crippen molar-refractivity contribution < 1.29 is 14.4 Å². The molecule has 1 aliphatic rings. The van der Waals surface area contributed by atoms with Gasteiger partial charge in [0.15, 0.2) is 0 Å². The summed E-state index contributed by atoms with van der Waals surface area (Å²) in [6, 6.07) is -0.681. The first-order valence-electron chi connectivity index (χ1n) is 6.06. The number of nitrogens with zero attached hydrogens (tertiary/aromatic N) is 1. The summed E-state index contributed by atoms with van der Waals surface area (Å²) in [5.41, 5.74) is 4.51. The van der Waals surface area contributed by atoms with Crippen LogP contribution in [0.5, 0.6) is 0 Å². The first kappa shape index (κ1) is 14.6. The molecule has 1 unspecified atom stereocenters. The highest BCUT2D eigenvalue weighted by Gasteiger charge is 2.40. The highest BCUT2D eigenvalue weighted by Crippen LogP contribution is 2.18. The molecule has 1 saturated heterocycles. The van der Waals surface area contributed by atoms with E-state index < -0.39 is 17.4 Å². The molecule has 1 aliphatic heterocycles. The SMILES string of the molecule is CC(C)N1C(=O)CC(NCC(C)(C)C(N)=O)C1=O. The number of carbonyl (C=O) groups excluding carboxylic acids is 3. The second-order valence-corrected chi connectivity index (χ2v) is 5.58. The average molecular weight is 255 g/mol. The number of likely N-dealkylation sites (tertiary alicyclic amines) is 1. The van der Waals surface area contributed by atoms with Crippen molar-refractivity contribution in [3.05, 3.63) is 0 Å². The van der Waals surface area contributed by atoms with E-state index in [1.807, 2.05) is 0 Å². The first-order chi connectivity index (χ1) is 8.16. The van der Waals surface area contributed by atoms with Crippen LogP contribution in [0.15, 0.2) is 0 Å². The fraction of sp³-hybridized carbons (Fsp3) is 0.750. The van der Waals surface area contributed by atoms with E-state index in [2.05, 4.69) is 5.32 Å². The van der Waals surface area contributed by atoms with E-state index in [0.717, 1.165) is 0 Å². The molecule has 0 aliphatic carbocycles. The Kier molecular flexibility index (Phi) is 4.11. The molecule has 0 saturated carbocycles. The molecular weight excluding hydrogens is 234 g/mol. The molecule has 0 aromatic rings. The van der Waals surface area contributed by atoms with E-state index >= 15 is 0 Å². The third-order valence-corrected chi connectivity index (χ3v) is 3.16. The lowest BCUT2D eigenvalue weighted by Crippen LogP contribution is -2.47. The molecule has 0 bridgehead atoms. The molecule has 0 aromatic heterocycles. The molecule has 6 heteroatoms. The van der Waals surface area contributed by atoms with E-state index in [-0.39, 0.29) is 30.8 Å². The van der Waals surface area contributed by atoms with Gasteiger partial charge in [0.2, 0.25) is 17.7 Å². The van der Waals surface area contributed by atoms with Crippen LogP contribution >= 0.6 is 0 Å². The number of imide groups is 1. The van der Waals surface area contributed by atoms with Crippen molar-refractivity contribution in [2.75, 3.05) is 6.54 Å². The normalized spacial score (nSPS) is 20.9. The molecule has 18 heavy (non-hydrogen) atoms. The van der Waals surface area contributed by atoms with Crippen molar-refractivity contribution in [2.45, 2.75) is 46.2 Å². The van der Waals surface area contributed by atoms with Gasteiger partial charge in [-0.15, -0.1) is 0 Å². The van der Waals surface area contributed by atoms with Gasteiger partial charge in [0.25, 0.3) is 0 Å². The molecule has 0 spiro atoms. The second-order valence-electron chi connectivity index (χ2n) is 5.58. The van der Waals surface area contributed by atoms with Gasteiger partial charge in [0.1, 0.15) is 0 Å². The summed E-state index contributed by atoms with van der Waals surface area (Å²) in [6.07, 6.45) is 0.145. The number of primary amides is 1. The van der Waals surface area contributed by atoms with Crippen LogP contribution in [-0.4, -0.2) is 41.2 Å². The standard InChI is InChI=1S/C12H21N3O3/c1-7(2)15-9(16)5-8(10(15)17)14-6-12(3,4)11(13)18/h7-8,14H,5-6H2,1-4H3,(H2,13,18). The van der Waals surface area contributed by atoms with Crippen LogP contribution in [0, 0.1) is 5.41 Å². The Hall–Kier alpha value is -1.43. The van der Waals surface area contributed by atoms with Gasteiger partial charge in [-0.1, -0.05) is 0 Å². The lowest BCUT2D eigenvalue weighted by atomic mass is 9.92. The zero-order valence-corrected chi connectivity index (χ0v) is 11.3. The van der Waals surface area contributed by atoms with Crippen molar-refractivity contribution in [1.29, 1.82) is 0 Å². The van der Waals surface area contributed by atoms with E-state index in [1.165, 1.54) is 4.90 Å². The number of rotatable bonds is 5. The number of nitrogens with one attached hydrogen (secondary N) is 1. The fourth-order valence-electron chi connectivity index (χ4n) is 1.82. The maximum Gasteiger partial charge on any atom is 0.247 e. The van der Waals surface area contributed by atoms with Gasteiger partial charge in [-0.2, -0.15) is 0 Å². The lowest BCUT2D eigenvalue weighted by molar-refractivity contribution is -0.141. The summed E-state index contributed by atoms with van der Waals surface area (Å²) in [5.74, 6) is -0.841. The molecule has 1 fully saturated rings. The quantitative estimate of drug-likeness (QED) is 0.655. The molecule has 1 heterocycles. The summed E-state index contributed by atoms with van der Waals surface area (Å²) in [7, 11) is 0. The van der Waals surface area contributed by atoms with Gasteiger partial charge in [-0.25, -0.2) is 0 Å². The van der Waals surface area contributed by atoms with E-state index in [0.29, 0.717) is 0 Å². The maximum absolute atomic E-state index is 12.0. The average Bonchev–Trinajstić information content (AvgIpc) is 2.50. The Morgan fingerprint density at radius 3 is 2.44 bits per heavy atom. The summed E-state index contributed by atoms with van der Waals surface area (Å²) in [6.45, 7) is 7.27. The van der Waals surface area contributed by atoms with E-state index in [4.69, 9.17) is 5.73 Å². The Bertz CT molecular complexity index is 377. The van der Waals surface area contributed by atoms with Crippen LogP contribution in [0.3, 0.4) is 0 Å². The lowest BCUT2D eigenvalue weighted by Gasteiger charge is -2.23. The molecule has 0 aromatic carbocycles. The van der Waals surface area contributed by atoms with Crippen molar-refractivity contribution in [1.82, 2.24) is 10.2 Å². The fourth-order valence-corrected chi connectivity index (χ4v) is 1.82. The van der Waals surface area contributed by atoms with Gasteiger partial charge in [0.05, 0.1) is 17.9 Å². The second kappa shape index (κ2) is 5.06. The molecule has 1 rings (SSSR count). The number of hydrogen-bond acceptors (Lipinski definition) is 4. The minimum Gasteiger partial charge on any atom is -0.369 e. The van der Waals surface area contributed by atoms with Gasteiger partial charge in [-0.3, -0.25) is 19.3 Å². The monoisotopic (exact) mass is 255 g/mol. The molecule has 6 nitrogen and oxygen atoms in total. The van der Waals surface area contributed by atoms with Gasteiger partial charge in [0, 0.05) is 12.6 Å². The third-order valence-electron chi connectivity index (χ3n) is 3.16. The molecular formula is C12H21N3O3. The summed E-state index contributed by atoms with van der Waals surface area (Å²) >= 11 is 0. The predicted octanol–water partition coefficient (Wildman–Crippen LogP) is -0.377. The smallest absolute Gasteiger partial charge is 0.247 e. The van der Waals surface area contributed by atoms with Crippen LogP contribution in [-0.2, 0) is 14.4 Å². The molecule has 1 atom stereocenters. The molecule has 3 amide bonds. The molecule has 3 N–H and O–H groups in total. The number of hydrogen-bond donors (Lipinski definition) is 2. The van der Waals surface area contributed by atoms with Crippen LogP contribution in [0.25, 0.3) is 0 Å². The Labute approximate surface area is 107 Å². The Morgan fingerprint density at radius 2 is 2.06 bits per heavy atom. The number of nitrogens with two attached hydrogens (primary N) is 1.